The third-order valence-electron chi connectivity index (χ3n) is 4.44. The number of hydrogen-bond acceptors (Lipinski definition) is 3. The summed E-state index contributed by atoms with van der Waals surface area (Å²) in [6.07, 6.45) is 2.82. The molecule has 1 saturated carbocycles. The maximum Gasteiger partial charge on any atom is 0.304 e. The predicted molar refractivity (Wildman–Crippen MR) is 77.4 cm³/mol. The van der Waals surface area contributed by atoms with Crippen LogP contribution in [0.25, 0.3) is 0 Å². The number of halogens is 1. The van der Waals surface area contributed by atoms with Crippen molar-refractivity contribution in [3.05, 3.63) is 39.7 Å². The van der Waals surface area contributed by atoms with Gasteiger partial charge in [0.15, 0.2) is 0 Å². The monoisotopic (exact) mass is 293 g/mol. The van der Waals surface area contributed by atoms with Crippen LogP contribution in [0.2, 0.25) is 0 Å². The van der Waals surface area contributed by atoms with Gasteiger partial charge in [-0.15, -0.1) is 0 Å². The molecule has 1 aromatic carbocycles. The standard InChI is InChI=1S/C16H20FNO3/c1-10(2)12-4-6-16(19)13(9-12)7-11-3-5-15(18(20)21)14(17)8-11/h3,5,8,10,12-13H,4,6-7,9H2,1-2H3. The van der Waals surface area contributed by atoms with Gasteiger partial charge in [-0.1, -0.05) is 19.9 Å². The van der Waals surface area contributed by atoms with Gasteiger partial charge in [-0.2, -0.15) is 4.39 Å². The number of nitro groups is 1. The first-order valence-corrected chi connectivity index (χ1v) is 7.34. The number of benzene rings is 1. The van der Waals surface area contributed by atoms with Gasteiger partial charge in [0.2, 0.25) is 5.82 Å². The minimum Gasteiger partial charge on any atom is -0.299 e. The first kappa shape index (κ1) is 15.6. The van der Waals surface area contributed by atoms with Gasteiger partial charge >= 0.3 is 5.69 Å². The van der Waals surface area contributed by atoms with Gasteiger partial charge in [-0.25, -0.2) is 0 Å². The van der Waals surface area contributed by atoms with Crippen molar-refractivity contribution in [2.45, 2.75) is 39.5 Å². The summed E-state index contributed by atoms with van der Waals surface area (Å²) in [5.74, 6) is 0.364. The Hall–Kier alpha value is -1.78. The molecule has 21 heavy (non-hydrogen) atoms. The van der Waals surface area contributed by atoms with E-state index in [0.717, 1.165) is 12.8 Å². The van der Waals surface area contributed by atoms with E-state index in [-0.39, 0.29) is 11.7 Å². The number of nitrogens with zero attached hydrogens (tertiary/aromatic N) is 1. The SMILES string of the molecule is CC(C)C1CCC(=O)C(Cc2ccc([N+](=O)[O-])c(F)c2)C1. The van der Waals surface area contributed by atoms with E-state index in [2.05, 4.69) is 13.8 Å². The van der Waals surface area contributed by atoms with Gasteiger partial charge in [0.25, 0.3) is 0 Å². The maximum atomic E-state index is 13.6. The topological polar surface area (TPSA) is 60.2 Å². The third-order valence-corrected chi connectivity index (χ3v) is 4.44. The van der Waals surface area contributed by atoms with Gasteiger partial charge in [0, 0.05) is 18.4 Å². The summed E-state index contributed by atoms with van der Waals surface area (Å²) in [6, 6.07) is 3.91. The lowest BCUT2D eigenvalue weighted by molar-refractivity contribution is -0.387. The molecule has 1 aliphatic rings. The van der Waals surface area contributed by atoms with Crippen LogP contribution in [-0.2, 0) is 11.2 Å². The molecule has 0 radical (unpaired) electrons. The second-order valence-electron chi connectivity index (χ2n) is 6.19. The minimum atomic E-state index is -0.832. The molecule has 0 spiro atoms. The molecule has 2 rings (SSSR count). The second kappa shape index (κ2) is 6.33. The molecule has 0 aromatic heterocycles. The molecule has 0 heterocycles. The average molecular weight is 293 g/mol. The van der Waals surface area contributed by atoms with Crippen molar-refractivity contribution in [1.82, 2.24) is 0 Å². The van der Waals surface area contributed by atoms with Gasteiger partial charge in [-0.3, -0.25) is 14.9 Å². The van der Waals surface area contributed by atoms with Crippen LogP contribution in [-0.4, -0.2) is 10.7 Å². The Balaban J connectivity index is 2.11. The van der Waals surface area contributed by atoms with Crippen LogP contribution in [0.5, 0.6) is 0 Å². The molecule has 0 N–H and O–H groups in total. The number of nitro benzene ring substituents is 1. The summed E-state index contributed by atoms with van der Waals surface area (Å²) in [7, 11) is 0. The van der Waals surface area contributed by atoms with E-state index in [0.29, 0.717) is 30.2 Å². The number of Topliss-reactive ketones (excluding diaryl/α,β-unsaturated/α-hetero) is 1. The minimum absolute atomic E-state index is 0.0907. The van der Waals surface area contributed by atoms with Crippen LogP contribution in [0.1, 0.15) is 38.7 Å². The number of ketones is 1. The van der Waals surface area contributed by atoms with Gasteiger partial charge in [-0.05, 0) is 42.7 Å². The highest BCUT2D eigenvalue weighted by molar-refractivity contribution is 5.82. The van der Waals surface area contributed by atoms with Crippen LogP contribution in [0.15, 0.2) is 18.2 Å². The summed E-state index contributed by atoms with van der Waals surface area (Å²) in [5, 5.41) is 10.6. The Bertz CT molecular complexity index is 556. The largest absolute Gasteiger partial charge is 0.304 e. The fraction of sp³-hybridized carbons (Fsp3) is 0.562. The Labute approximate surface area is 123 Å². The molecule has 1 aromatic rings. The summed E-state index contributed by atoms with van der Waals surface area (Å²) >= 11 is 0. The van der Waals surface area contributed by atoms with Crippen molar-refractivity contribution < 1.29 is 14.1 Å². The molecule has 1 fully saturated rings. The molecule has 0 saturated heterocycles. The number of rotatable bonds is 4. The number of carbonyl (C=O) groups is 1. The van der Waals surface area contributed by atoms with Gasteiger partial charge in [0.1, 0.15) is 5.78 Å². The van der Waals surface area contributed by atoms with Gasteiger partial charge < -0.3 is 0 Å². The summed E-state index contributed by atoms with van der Waals surface area (Å²) < 4.78 is 13.6. The van der Waals surface area contributed by atoms with Crippen molar-refractivity contribution in [2.75, 3.05) is 0 Å². The maximum absolute atomic E-state index is 13.6. The molecule has 4 nitrogen and oxygen atoms in total. The van der Waals surface area contributed by atoms with Crippen molar-refractivity contribution in [3.63, 3.8) is 0 Å². The predicted octanol–water partition coefficient (Wildman–Crippen LogP) is 3.92. The molecule has 114 valence electrons. The first-order valence-electron chi connectivity index (χ1n) is 7.34. The molecule has 0 amide bonds. The molecule has 0 bridgehead atoms. The highest BCUT2D eigenvalue weighted by Crippen LogP contribution is 2.33. The average Bonchev–Trinajstić information content (AvgIpc) is 2.40. The molecular formula is C16H20FNO3. The summed E-state index contributed by atoms with van der Waals surface area (Å²) in [4.78, 5) is 21.9. The summed E-state index contributed by atoms with van der Waals surface area (Å²) in [6.45, 7) is 4.31. The molecule has 2 atom stereocenters. The molecule has 5 heteroatoms. The Kier molecular flexibility index (Phi) is 4.70. The highest BCUT2D eigenvalue weighted by atomic mass is 19.1. The normalized spacial score (nSPS) is 22.6. The zero-order valence-corrected chi connectivity index (χ0v) is 12.3. The fourth-order valence-corrected chi connectivity index (χ4v) is 3.06. The van der Waals surface area contributed by atoms with E-state index in [1.807, 2.05) is 0 Å². The van der Waals surface area contributed by atoms with Gasteiger partial charge in [0.05, 0.1) is 4.92 Å². The van der Waals surface area contributed by atoms with Crippen molar-refractivity contribution in [1.29, 1.82) is 0 Å². The van der Waals surface area contributed by atoms with E-state index in [1.54, 1.807) is 6.07 Å². The first-order chi connectivity index (χ1) is 9.88. The Morgan fingerprint density at radius 3 is 2.71 bits per heavy atom. The van der Waals surface area contributed by atoms with E-state index in [9.17, 15) is 19.3 Å². The van der Waals surface area contributed by atoms with E-state index in [4.69, 9.17) is 0 Å². The van der Waals surface area contributed by atoms with Crippen molar-refractivity contribution >= 4 is 11.5 Å². The number of hydrogen-bond donors (Lipinski definition) is 0. The zero-order chi connectivity index (χ0) is 15.6. The molecule has 1 aliphatic carbocycles. The molecular weight excluding hydrogens is 273 g/mol. The quantitative estimate of drug-likeness (QED) is 0.624. The van der Waals surface area contributed by atoms with Crippen LogP contribution in [0.4, 0.5) is 10.1 Å². The zero-order valence-electron chi connectivity index (χ0n) is 12.3. The number of carbonyl (C=O) groups excluding carboxylic acids is 1. The summed E-state index contributed by atoms with van der Waals surface area (Å²) in [5.41, 5.74) is 0.134. The highest BCUT2D eigenvalue weighted by Gasteiger charge is 2.30. The van der Waals surface area contributed by atoms with E-state index in [1.165, 1.54) is 12.1 Å². The lowest BCUT2D eigenvalue weighted by atomic mass is 9.73. The van der Waals surface area contributed by atoms with Crippen LogP contribution >= 0.6 is 0 Å². The smallest absolute Gasteiger partial charge is 0.299 e. The van der Waals surface area contributed by atoms with E-state index >= 15 is 0 Å². The molecule has 0 aliphatic heterocycles. The second-order valence-corrected chi connectivity index (χ2v) is 6.19. The fourth-order valence-electron chi connectivity index (χ4n) is 3.06. The van der Waals surface area contributed by atoms with E-state index < -0.39 is 16.4 Å². The van der Waals surface area contributed by atoms with Crippen LogP contribution in [0, 0.1) is 33.7 Å². The Morgan fingerprint density at radius 1 is 1.43 bits per heavy atom. The molecule has 2 unspecified atom stereocenters. The lowest BCUT2D eigenvalue weighted by Gasteiger charge is -2.30. The van der Waals surface area contributed by atoms with Crippen LogP contribution < -0.4 is 0 Å². The van der Waals surface area contributed by atoms with Crippen molar-refractivity contribution in [2.24, 2.45) is 17.8 Å². The van der Waals surface area contributed by atoms with Crippen molar-refractivity contribution in [3.8, 4) is 0 Å². The lowest BCUT2D eigenvalue weighted by Crippen LogP contribution is -2.28. The van der Waals surface area contributed by atoms with Crippen LogP contribution in [0.3, 0.4) is 0 Å². The Morgan fingerprint density at radius 2 is 2.14 bits per heavy atom. The third kappa shape index (κ3) is 3.65.